The molecule has 0 bridgehead atoms. The van der Waals surface area contributed by atoms with Crippen LogP contribution in [0.15, 0.2) is 72.0 Å². The van der Waals surface area contributed by atoms with Gasteiger partial charge in [0.25, 0.3) is 6.02 Å². The minimum absolute atomic E-state index is 0.125. The molecule has 0 unspecified atom stereocenters. The highest BCUT2D eigenvalue weighted by Crippen LogP contribution is 2.51. The molecule has 2 aliphatic heterocycles. The Morgan fingerprint density at radius 2 is 1.85 bits per heavy atom. The van der Waals surface area contributed by atoms with Gasteiger partial charge in [0.05, 0.1) is 0 Å². The highest BCUT2D eigenvalue weighted by molar-refractivity contribution is 5.87. The summed E-state index contributed by atoms with van der Waals surface area (Å²) in [6, 6.07) is 15.7. The number of benzene rings is 2. The van der Waals surface area contributed by atoms with Gasteiger partial charge in [-0.05, 0) is 68.3 Å². The van der Waals surface area contributed by atoms with Crippen LogP contribution in [0.1, 0.15) is 37.5 Å². The Morgan fingerprint density at radius 3 is 2.53 bits per heavy atom. The molecule has 172 valence electrons. The second-order valence-corrected chi connectivity index (χ2v) is 9.28. The van der Waals surface area contributed by atoms with Gasteiger partial charge in [0.15, 0.2) is 5.54 Å². The predicted octanol–water partition coefficient (Wildman–Crippen LogP) is 4.80. The Labute approximate surface area is 197 Å². The van der Waals surface area contributed by atoms with Gasteiger partial charge < -0.3 is 19.9 Å². The minimum Gasteiger partial charge on any atom is -0.462 e. The number of carbonyl (C=O) groups excluding carboxylic acids is 1. The molecule has 34 heavy (non-hydrogen) atoms. The third-order valence-electron chi connectivity index (χ3n) is 5.64. The molecule has 1 spiro atoms. The molecular formula is C27H25N3O4. The number of amidine groups is 1. The number of ether oxygens (including phenoxy) is 3. The molecule has 5 rings (SSSR count). The summed E-state index contributed by atoms with van der Waals surface area (Å²) in [5.41, 5.74) is 9.03. The topological polar surface area (TPSA) is 96.0 Å². The highest BCUT2D eigenvalue weighted by Gasteiger charge is 2.47. The molecule has 2 aliphatic rings. The third kappa shape index (κ3) is 4.01. The lowest BCUT2D eigenvalue weighted by atomic mass is 9.80. The molecule has 7 nitrogen and oxygen atoms in total. The predicted molar refractivity (Wildman–Crippen MR) is 129 cm³/mol. The Bertz CT molecular complexity index is 1330. The Balaban J connectivity index is 1.57. The zero-order valence-corrected chi connectivity index (χ0v) is 19.2. The van der Waals surface area contributed by atoms with Crippen molar-refractivity contribution in [3.8, 4) is 22.6 Å². The Hall–Kier alpha value is -4.13. The largest absolute Gasteiger partial charge is 0.462 e. The van der Waals surface area contributed by atoms with Gasteiger partial charge in [0.2, 0.25) is 0 Å². The van der Waals surface area contributed by atoms with Gasteiger partial charge in [-0.2, -0.15) is 0 Å². The average molecular weight is 456 g/mol. The van der Waals surface area contributed by atoms with Crippen molar-refractivity contribution in [2.24, 2.45) is 10.7 Å². The standard InChI is InChI=1S/C27H25N3O4/c1-26(2,3)34-24(31)11-7-17-6-9-22-20(13-17)27(16-32-25(28)30-27)21-14-18(8-10-23(21)33-22)19-5-4-12-29-15-19/h4-15H,16H2,1-3H3,(H2,28,30)/b11-7+/t27-/m1/s1. The summed E-state index contributed by atoms with van der Waals surface area (Å²) < 4.78 is 17.3. The lowest BCUT2D eigenvalue weighted by Gasteiger charge is -2.34. The smallest absolute Gasteiger partial charge is 0.331 e. The van der Waals surface area contributed by atoms with E-state index in [1.54, 1.807) is 12.3 Å². The van der Waals surface area contributed by atoms with E-state index in [1.165, 1.54) is 6.08 Å². The fourth-order valence-corrected chi connectivity index (χ4v) is 4.19. The van der Waals surface area contributed by atoms with Crippen LogP contribution >= 0.6 is 0 Å². The van der Waals surface area contributed by atoms with Crippen LogP contribution in [0.3, 0.4) is 0 Å². The van der Waals surface area contributed by atoms with E-state index in [4.69, 9.17) is 24.9 Å². The maximum Gasteiger partial charge on any atom is 0.331 e. The normalized spacial score (nSPS) is 18.6. The van der Waals surface area contributed by atoms with Crippen molar-refractivity contribution >= 4 is 18.1 Å². The first-order chi connectivity index (χ1) is 16.2. The number of nitrogens with two attached hydrogens (primary N) is 1. The number of rotatable bonds is 3. The summed E-state index contributed by atoms with van der Waals surface area (Å²) in [4.78, 5) is 21.1. The van der Waals surface area contributed by atoms with E-state index in [0.29, 0.717) is 11.5 Å². The van der Waals surface area contributed by atoms with Crippen LogP contribution < -0.4 is 10.5 Å². The molecule has 3 heterocycles. The van der Waals surface area contributed by atoms with Crippen LogP contribution in [0.2, 0.25) is 0 Å². The minimum atomic E-state index is -0.860. The van der Waals surface area contributed by atoms with Crippen molar-refractivity contribution < 1.29 is 19.0 Å². The van der Waals surface area contributed by atoms with E-state index in [-0.39, 0.29) is 12.6 Å². The van der Waals surface area contributed by atoms with Crippen molar-refractivity contribution in [3.05, 3.63) is 83.7 Å². The van der Waals surface area contributed by atoms with Crippen molar-refractivity contribution in [3.63, 3.8) is 0 Å². The number of nitrogens with zero attached hydrogens (tertiary/aromatic N) is 2. The van der Waals surface area contributed by atoms with Crippen molar-refractivity contribution in [1.82, 2.24) is 4.98 Å². The fraction of sp³-hybridized carbons (Fsp3) is 0.222. The third-order valence-corrected chi connectivity index (χ3v) is 5.64. The molecule has 2 aromatic carbocycles. The maximum atomic E-state index is 12.2. The van der Waals surface area contributed by atoms with Crippen molar-refractivity contribution in [2.75, 3.05) is 6.61 Å². The van der Waals surface area contributed by atoms with Crippen LogP contribution in [0.25, 0.3) is 17.2 Å². The molecular weight excluding hydrogens is 430 g/mol. The zero-order chi connectivity index (χ0) is 23.9. The highest BCUT2D eigenvalue weighted by atomic mass is 16.6. The zero-order valence-electron chi connectivity index (χ0n) is 19.2. The first kappa shape index (κ1) is 21.7. The van der Waals surface area contributed by atoms with Gasteiger partial charge in [-0.15, -0.1) is 0 Å². The van der Waals surface area contributed by atoms with Crippen LogP contribution in [0.5, 0.6) is 11.5 Å². The summed E-state index contributed by atoms with van der Waals surface area (Å²) in [5.74, 6) is 0.950. The Kier molecular flexibility index (Phi) is 5.12. The van der Waals surface area contributed by atoms with Gasteiger partial charge in [-0.1, -0.05) is 18.2 Å². The second-order valence-electron chi connectivity index (χ2n) is 9.28. The van der Waals surface area contributed by atoms with Crippen molar-refractivity contribution in [2.45, 2.75) is 31.9 Å². The second kappa shape index (κ2) is 8.02. The lowest BCUT2D eigenvalue weighted by Crippen LogP contribution is -2.31. The van der Waals surface area contributed by atoms with Crippen LogP contribution in [0.4, 0.5) is 0 Å². The molecule has 0 fully saturated rings. The summed E-state index contributed by atoms with van der Waals surface area (Å²) in [7, 11) is 0. The molecule has 2 N–H and O–H groups in total. The van der Waals surface area contributed by atoms with Crippen LogP contribution in [-0.4, -0.2) is 29.2 Å². The summed E-state index contributed by atoms with van der Waals surface area (Å²) in [5, 5.41) is 0. The van der Waals surface area contributed by atoms with E-state index >= 15 is 0 Å². The molecule has 3 aromatic rings. The summed E-state index contributed by atoms with van der Waals surface area (Å²) >= 11 is 0. The van der Waals surface area contributed by atoms with E-state index in [9.17, 15) is 4.79 Å². The number of hydrogen-bond acceptors (Lipinski definition) is 7. The lowest BCUT2D eigenvalue weighted by molar-refractivity contribution is -0.148. The molecule has 1 atom stereocenters. The van der Waals surface area contributed by atoms with Crippen LogP contribution in [0, 0.1) is 0 Å². The van der Waals surface area contributed by atoms with Gasteiger partial charge >= 0.3 is 5.97 Å². The number of carbonyl (C=O) groups is 1. The molecule has 0 radical (unpaired) electrons. The van der Waals surface area contributed by atoms with E-state index in [1.807, 2.05) is 75.5 Å². The first-order valence-corrected chi connectivity index (χ1v) is 11.0. The fourth-order valence-electron chi connectivity index (χ4n) is 4.19. The van der Waals surface area contributed by atoms with Crippen LogP contribution in [-0.2, 0) is 19.8 Å². The van der Waals surface area contributed by atoms with Gasteiger partial charge in [0, 0.05) is 35.2 Å². The molecule has 0 aliphatic carbocycles. The quantitative estimate of drug-likeness (QED) is 0.450. The molecule has 0 saturated heterocycles. The molecule has 0 saturated carbocycles. The van der Waals surface area contributed by atoms with E-state index in [2.05, 4.69) is 4.98 Å². The number of aliphatic imine (C=N–C) groups is 1. The SMILES string of the molecule is CC(C)(C)OC(=O)/C=C/c1ccc2c(c1)[C@]1(COC(N)=N1)c1cc(-c3cccnc3)ccc1O2. The number of fused-ring (bicyclic) bond motifs is 4. The average Bonchev–Trinajstić information content (AvgIpc) is 3.19. The first-order valence-electron chi connectivity index (χ1n) is 11.0. The summed E-state index contributed by atoms with van der Waals surface area (Å²) in [6.07, 6.45) is 6.69. The number of aromatic nitrogens is 1. The number of pyridine rings is 1. The monoisotopic (exact) mass is 455 g/mol. The number of esters is 1. The summed E-state index contributed by atoms with van der Waals surface area (Å²) in [6.45, 7) is 5.74. The van der Waals surface area contributed by atoms with E-state index in [0.717, 1.165) is 27.8 Å². The van der Waals surface area contributed by atoms with Gasteiger partial charge in [0.1, 0.15) is 23.7 Å². The molecule has 0 amide bonds. The van der Waals surface area contributed by atoms with E-state index < -0.39 is 17.1 Å². The Morgan fingerprint density at radius 1 is 1.09 bits per heavy atom. The molecule has 7 heteroatoms. The van der Waals surface area contributed by atoms with Gasteiger partial charge in [-0.3, -0.25) is 4.98 Å². The maximum absolute atomic E-state index is 12.2. The molecule has 1 aromatic heterocycles. The van der Waals surface area contributed by atoms with Crippen molar-refractivity contribution in [1.29, 1.82) is 0 Å². The number of hydrogen-bond donors (Lipinski definition) is 1. The van der Waals surface area contributed by atoms with Gasteiger partial charge in [-0.25, -0.2) is 9.79 Å².